The molecule has 1 fully saturated rings. The van der Waals surface area contributed by atoms with Crippen LogP contribution in [-0.2, 0) is 9.53 Å². The van der Waals surface area contributed by atoms with Crippen molar-refractivity contribution in [2.24, 2.45) is 0 Å². The number of allylic oxidation sites excluding steroid dienone is 1. The van der Waals surface area contributed by atoms with Crippen molar-refractivity contribution in [1.29, 1.82) is 5.26 Å². The Morgan fingerprint density at radius 1 is 1.43 bits per heavy atom. The largest absolute Gasteiger partial charge is 0.458 e. The average Bonchev–Trinajstić information content (AvgIpc) is 2.21. The van der Waals surface area contributed by atoms with Gasteiger partial charge in [-0.05, 0) is 32.6 Å². The van der Waals surface area contributed by atoms with E-state index in [9.17, 15) is 4.79 Å². The van der Waals surface area contributed by atoms with E-state index in [0.717, 1.165) is 25.7 Å². The first-order valence-electron chi connectivity index (χ1n) is 5.05. The summed E-state index contributed by atoms with van der Waals surface area (Å²) in [7, 11) is 0. The van der Waals surface area contributed by atoms with Crippen LogP contribution in [0.15, 0.2) is 11.6 Å². The van der Waals surface area contributed by atoms with E-state index in [1.54, 1.807) is 6.92 Å². The van der Waals surface area contributed by atoms with Crippen LogP contribution in [0.2, 0.25) is 0 Å². The van der Waals surface area contributed by atoms with E-state index in [1.165, 1.54) is 12.5 Å². The summed E-state index contributed by atoms with van der Waals surface area (Å²) in [6, 6.07) is 1.83. The number of carbonyl (C=O) groups is 1. The summed E-state index contributed by atoms with van der Waals surface area (Å²) in [5.74, 6) is -0.470. The SMILES string of the molecule is CC=C(C#N)C(=O)OC1CCCCC1. The van der Waals surface area contributed by atoms with Crippen molar-refractivity contribution in [3.63, 3.8) is 0 Å². The maximum absolute atomic E-state index is 11.4. The summed E-state index contributed by atoms with van der Waals surface area (Å²) in [5.41, 5.74) is 0.107. The third-order valence-corrected chi connectivity index (χ3v) is 2.45. The molecule has 0 unspecified atom stereocenters. The highest BCUT2D eigenvalue weighted by molar-refractivity contribution is 5.92. The van der Waals surface area contributed by atoms with Gasteiger partial charge in [-0.15, -0.1) is 0 Å². The Bertz CT molecular complexity index is 270. The Balaban J connectivity index is 2.43. The number of esters is 1. The summed E-state index contributed by atoms with van der Waals surface area (Å²) >= 11 is 0. The summed E-state index contributed by atoms with van der Waals surface area (Å²) in [6.45, 7) is 1.67. The highest BCUT2D eigenvalue weighted by Crippen LogP contribution is 2.21. The molecule has 1 aliphatic carbocycles. The van der Waals surface area contributed by atoms with E-state index < -0.39 is 5.97 Å². The molecule has 0 aromatic carbocycles. The van der Waals surface area contributed by atoms with E-state index in [1.807, 2.05) is 6.07 Å². The van der Waals surface area contributed by atoms with Crippen LogP contribution in [0.1, 0.15) is 39.0 Å². The van der Waals surface area contributed by atoms with Gasteiger partial charge in [0.15, 0.2) is 0 Å². The molecule has 0 aromatic rings. The Morgan fingerprint density at radius 2 is 2.07 bits per heavy atom. The Morgan fingerprint density at radius 3 is 2.57 bits per heavy atom. The minimum Gasteiger partial charge on any atom is -0.458 e. The third-order valence-electron chi connectivity index (χ3n) is 2.45. The molecule has 0 bridgehead atoms. The zero-order valence-electron chi connectivity index (χ0n) is 8.45. The van der Waals surface area contributed by atoms with Crippen molar-refractivity contribution in [3.05, 3.63) is 11.6 Å². The van der Waals surface area contributed by atoms with E-state index in [4.69, 9.17) is 10.00 Å². The molecule has 0 saturated heterocycles. The van der Waals surface area contributed by atoms with Gasteiger partial charge in [-0.2, -0.15) is 5.26 Å². The van der Waals surface area contributed by atoms with Crippen LogP contribution in [-0.4, -0.2) is 12.1 Å². The number of hydrogen-bond acceptors (Lipinski definition) is 3. The highest BCUT2D eigenvalue weighted by Gasteiger charge is 2.19. The van der Waals surface area contributed by atoms with Crippen LogP contribution in [0.25, 0.3) is 0 Å². The van der Waals surface area contributed by atoms with Gasteiger partial charge < -0.3 is 4.74 Å². The monoisotopic (exact) mass is 193 g/mol. The summed E-state index contributed by atoms with van der Waals surface area (Å²) in [6.07, 6.45) is 6.86. The molecule has 0 N–H and O–H groups in total. The first-order chi connectivity index (χ1) is 6.77. The molecular formula is C11H15NO2. The van der Waals surface area contributed by atoms with Crippen LogP contribution in [0.3, 0.4) is 0 Å². The van der Waals surface area contributed by atoms with Crippen molar-refractivity contribution in [3.8, 4) is 6.07 Å². The molecule has 1 rings (SSSR count). The normalized spacial score (nSPS) is 18.7. The number of ether oxygens (including phenoxy) is 1. The molecule has 0 heterocycles. The van der Waals surface area contributed by atoms with Gasteiger partial charge in [-0.1, -0.05) is 12.5 Å². The Hall–Kier alpha value is -1.30. The number of nitrogens with zero attached hydrogens (tertiary/aromatic N) is 1. The third kappa shape index (κ3) is 2.88. The van der Waals surface area contributed by atoms with Crippen LogP contribution in [0.4, 0.5) is 0 Å². The molecule has 0 aliphatic heterocycles. The zero-order chi connectivity index (χ0) is 10.4. The van der Waals surface area contributed by atoms with Crippen molar-refractivity contribution < 1.29 is 9.53 Å². The highest BCUT2D eigenvalue weighted by atomic mass is 16.5. The summed E-state index contributed by atoms with van der Waals surface area (Å²) in [5, 5.41) is 8.61. The molecular weight excluding hydrogens is 178 g/mol. The van der Waals surface area contributed by atoms with Gasteiger partial charge in [-0.25, -0.2) is 4.79 Å². The summed E-state index contributed by atoms with van der Waals surface area (Å²) < 4.78 is 5.21. The van der Waals surface area contributed by atoms with Gasteiger partial charge in [0.25, 0.3) is 0 Å². The second-order valence-corrected chi connectivity index (χ2v) is 3.48. The standard InChI is InChI=1S/C11H15NO2/c1-2-9(8-12)11(13)14-10-6-4-3-5-7-10/h2,10H,3-7H2,1H3. The van der Waals surface area contributed by atoms with Crippen molar-refractivity contribution >= 4 is 5.97 Å². The maximum Gasteiger partial charge on any atom is 0.348 e. The number of nitriles is 1. The lowest BCUT2D eigenvalue weighted by atomic mass is 9.98. The van der Waals surface area contributed by atoms with Gasteiger partial charge in [0.1, 0.15) is 17.7 Å². The van der Waals surface area contributed by atoms with Gasteiger partial charge >= 0.3 is 5.97 Å². The molecule has 0 amide bonds. The average molecular weight is 193 g/mol. The van der Waals surface area contributed by atoms with Crippen LogP contribution in [0, 0.1) is 11.3 Å². The van der Waals surface area contributed by atoms with Gasteiger partial charge in [-0.3, -0.25) is 0 Å². The predicted octanol–water partition coefficient (Wildman–Crippen LogP) is 2.33. The Kier molecular flexibility index (Phi) is 4.18. The van der Waals surface area contributed by atoms with Crippen molar-refractivity contribution in [2.75, 3.05) is 0 Å². The molecule has 3 heteroatoms. The first-order valence-corrected chi connectivity index (χ1v) is 5.05. The molecule has 0 radical (unpaired) electrons. The molecule has 0 spiro atoms. The minimum atomic E-state index is -0.470. The molecule has 3 nitrogen and oxygen atoms in total. The number of carbonyl (C=O) groups excluding carboxylic acids is 1. The van der Waals surface area contributed by atoms with E-state index in [2.05, 4.69) is 0 Å². The molecule has 76 valence electrons. The smallest absolute Gasteiger partial charge is 0.348 e. The van der Waals surface area contributed by atoms with E-state index in [0.29, 0.717) is 0 Å². The van der Waals surface area contributed by atoms with Crippen LogP contribution < -0.4 is 0 Å². The van der Waals surface area contributed by atoms with Crippen LogP contribution in [0.5, 0.6) is 0 Å². The lowest BCUT2D eigenvalue weighted by molar-refractivity contribution is -0.145. The molecule has 1 saturated carbocycles. The van der Waals surface area contributed by atoms with Gasteiger partial charge in [0.05, 0.1) is 0 Å². The predicted molar refractivity (Wildman–Crippen MR) is 52.3 cm³/mol. The molecule has 14 heavy (non-hydrogen) atoms. The Labute approximate surface area is 84.4 Å². The van der Waals surface area contributed by atoms with Gasteiger partial charge in [0, 0.05) is 0 Å². The first kappa shape index (κ1) is 10.8. The van der Waals surface area contributed by atoms with Crippen molar-refractivity contribution in [2.45, 2.75) is 45.1 Å². The van der Waals surface area contributed by atoms with Gasteiger partial charge in [0.2, 0.25) is 0 Å². The lowest BCUT2D eigenvalue weighted by Crippen LogP contribution is -2.21. The van der Waals surface area contributed by atoms with E-state index in [-0.39, 0.29) is 11.7 Å². The number of rotatable bonds is 2. The summed E-state index contributed by atoms with van der Waals surface area (Å²) in [4.78, 5) is 11.4. The van der Waals surface area contributed by atoms with Crippen molar-refractivity contribution in [1.82, 2.24) is 0 Å². The molecule has 0 atom stereocenters. The maximum atomic E-state index is 11.4. The van der Waals surface area contributed by atoms with Crippen LogP contribution >= 0.6 is 0 Å². The fourth-order valence-corrected chi connectivity index (χ4v) is 1.63. The molecule has 1 aliphatic rings. The molecule has 0 aromatic heterocycles. The van der Waals surface area contributed by atoms with E-state index >= 15 is 0 Å². The second-order valence-electron chi connectivity index (χ2n) is 3.48. The fourth-order valence-electron chi connectivity index (χ4n) is 1.63. The topological polar surface area (TPSA) is 50.1 Å². The number of hydrogen-bond donors (Lipinski definition) is 0. The fraction of sp³-hybridized carbons (Fsp3) is 0.636. The zero-order valence-corrected chi connectivity index (χ0v) is 8.45. The second kappa shape index (κ2) is 5.43. The minimum absolute atomic E-state index is 0.0274. The lowest BCUT2D eigenvalue weighted by Gasteiger charge is -2.21. The quantitative estimate of drug-likeness (QED) is 0.384.